The summed E-state index contributed by atoms with van der Waals surface area (Å²) in [6, 6.07) is 17.7. The number of urea groups is 1. The van der Waals surface area contributed by atoms with Crippen molar-refractivity contribution < 1.29 is 44.7 Å². The molecule has 51 heavy (non-hydrogen) atoms. The van der Waals surface area contributed by atoms with Gasteiger partial charge in [0.15, 0.2) is 11.6 Å². The van der Waals surface area contributed by atoms with Gasteiger partial charge >= 0.3 is 6.03 Å². The topological polar surface area (TPSA) is 189 Å². The first-order chi connectivity index (χ1) is 23.9. The van der Waals surface area contributed by atoms with Crippen molar-refractivity contribution in [3.8, 4) is 5.75 Å². The van der Waals surface area contributed by atoms with Crippen molar-refractivity contribution in [2.24, 2.45) is 11.3 Å². The molecule has 12 nitrogen and oxygen atoms in total. The molecule has 7 N–H and O–H groups in total. The molecule has 1 aliphatic rings. The number of aliphatic hydroxyl groups excluding tert-OH is 1. The summed E-state index contributed by atoms with van der Waals surface area (Å²) in [5, 5.41) is 63.8. The second-order valence-corrected chi connectivity index (χ2v) is 14.5. The maximum Gasteiger partial charge on any atom is 0.318 e. The number of nitrogens with one attached hydrogen (secondary N) is 2. The number of carbonyl (C=O) groups is 3. The Balaban J connectivity index is 1.69. The van der Waals surface area contributed by atoms with Gasteiger partial charge in [-0.25, -0.2) is 4.79 Å². The molecule has 3 aromatic carbocycles. The molecule has 0 spiro atoms. The highest BCUT2D eigenvalue weighted by Crippen LogP contribution is 2.36. The van der Waals surface area contributed by atoms with Gasteiger partial charge in [0.05, 0.1) is 18.1 Å². The molecule has 3 aromatic rings. The van der Waals surface area contributed by atoms with Gasteiger partial charge in [-0.15, -0.1) is 0 Å². The standard InChI is InChI=1S/C39H51N3O9/c1-25-14-12-15-26(2)33(25)51-24-29(43)22-30(38(47,48)27-16-8-6-9-17-27)31(44)23-32(39(49,50)28-18-10-7-11-19-28)41-35(45)34(37(3,4)5)42-21-13-20-40-36(42)46/h6-12,14-19,30-32,34,44,47-50H,13,20-24H2,1-5H3,(H,40,46)(H,41,45). The lowest BCUT2D eigenvalue weighted by Gasteiger charge is -2.43. The summed E-state index contributed by atoms with van der Waals surface area (Å²) in [6.07, 6.45) is -2.42. The van der Waals surface area contributed by atoms with Crippen LogP contribution in [0.3, 0.4) is 0 Å². The van der Waals surface area contributed by atoms with Crippen LogP contribution in [0.1, 0.15) is 62.3 Å². The Morgan fingerprint density at radius 2 is 1.41 bits per heavy atom. The van der Waals surface area contributed by atoms with E-state index >= 15 is 0 Å². The molecule has 1 saturated heterocycles. The normalized spacial score (nSPS) is 16.4. The van der Waals surface area contributed by atoms with Crippen molar-refractivity contribution in [3.05, 3.63) is 101 Å². The zero-order chi connectivity index (χ0) is 37.6. The van der Waals surface area contributed by atoms with Crippen LogP contribution < -0.4 is 15.4 Å². The Hall–Kier alpha value is -4.33. The van der Waals surface area contributed by atoms with Crippen LogP contribution in [0, 0.1) is 25.2 Å². The highest BCUT2D eigenvalue weighted by molar-refractivity contribution is 5.88. The molecule has 0 aliphatic carbocycles. The SMILES string of the molecule is Cc1cccc(C)c1OCC(=O)CC(C(O)CC(NC(=O)C(N1CCCNC1=O)C(C)(C)C)C(O)(O)c1ccccc1)C(O)(O)c1ccccc1. The Kier molecular flexibility index (Phi) is 12.6. The molecule has 0 radical (unpaired) electrons. The molecule has 4 rings (SSSR count). The van der Waals surface area contributed by atoms with Gasteiger partial charge in [0.2, 0.25) is 11.7 Å². The van der Waals surface area contributed by atoms with Gasteiger partial charge in [0.1, 0.15) is 18.4 Å². The third-order valence-electron chi connectivity index (χ3n) is 9.39. The Morgan fingerprint density at radius 3 is 1.94 bits per heavy atom. The second kappa shape index (κ2) is 16.3. The number of aryl methyl sites for hydroxylation is 2. The molecular weight excluding hydrogens is 654 g/mol. The fraction of sp³-hybridized carbons (Fsp3) is 0.462. The van der Waals surface area contributed by atoms with E-state index in [2.05, 4.69) is 10.6 Å². The van der Waals surface area contributed by atoms with Crippen molar-refractivity contribution in [2.45, 2.75) is 83.6 Å². The molecule has 0 aromatic heterocycles. The number of ketones is 1. The van der Waals surface area contributed by atoms with Gasteiger partial charge in [-0.2, -0.15) is 0 Å². The Labute approximate surface area is 299 Å². The highest BCUT2D eigenvalue weighted by Gasteiger charge is 2.48. The molecule has 3 amide bonds. The molecule has 12 heteroatoms. The van der Waals surface area contributed by atoms with Crippen molar-refractivity contribution in [1.29, 1.82) is 0 Å². The summed E-state index contributed by atoms with van der Waals surface area (Å²) < 4.78 is 5.83. The minimum absolute atomic E-state index is 0.00988. The fourth-order valence-electron chi connectivity index (χ4n) is 6.69. The average molecular weight is 706 g/mol. The summed E-state index contributed by atoms with van der Waals surface area (Å²) in [6.45, 7) is 9.31. The van der Waals surface area contributed by atoms with Crippen LogP contribution in [-0.2, 0) is 21.2 Å². The lowest BCUT2D eigenvalue weighted by atomic mass is 9.79. The van der Waals surface area contributed by atoms with Gasteiger partial charge in [-0.05, 0) is 43.2 Å². The molecule has 0 saturated carbocycles. The lowest BCUT2D eigenvalue weighted by Crippen LogP contribution is -2.63. The predicted octanol–water partition coefficient (Wildman–Crippen LogP) is 3.00. The number of benzene rings is 3. The Morgan fingerprint density at radius 1 is 0.863 bits per heavy atom. The molecule has 1 aliphatic heterocycles. The van der Waals surface area contributed by atoms with E-state index in [9.17, 15) is 39.9 Å². The first-order valence-electron chi connectivity index (χ1n) is 17.2. The van der Waals surface area contributed by atoms with Gasteiger partial charge in [0.25, 0.3) is 0 Å². The maximum absolute atomic E-state index is 14.1. The van der Waals surface area contributed by atoms with Gasteiger partial charge in [-0.1, -0.05) is 99.6 Å². The number of hydrogen-bond acceptors (Lipinski definition) is 9. The molecule has 4 atom stereocenters. The van der Waals surface area contributed by atoms with Crippen LogP contribution in [0.5, 0.6) is 5.75 Å². The first-order valence-corrected chi connectivity index (χ1v) is 17.2. The summed E-state index contributed by atoms with van der Waals surface area (Å²) >= 11 is 0. The quantitative estimate of drug-likeness (QED) is 0.117. The van der Waals surface area contributed by atoms with Gasteiger partial charge in [-0.3, -0.25) is 9.59 Å². The minimum Gasteiger partial charge on any atom is -0.485 e. The highest BCUT2D eigenvalue weighted by atomic mass is 16.5. The summed E-state index contributed by atoms with van der Waals surface area (Å²) in [5.74, 6) is -7.94. The van der Waals surface area contributed by atoms with E-state index in [1.165, 1.54) is 29.2 Å². The third-order valence-corrected chi connectivity index (χ3v) is 9.39. The minimum atomic E-state index is -2.79. The first kappa shape index (κ1) is 39.5. The number of ether oxygens (including phenoxy) is 1. The second-order valence-electron chi connectivity index (χ2n) is 14.5. The zero-order valence-electron chi connectivity index (χ0n) is 29.9. The number of carbonyl (C=O) groups excluding carboxylic acids is 3. The number of amides is 3. The van der Waals surface area contributed by atoms with Crippen LogP contribution in [0.2, 0.25) is 0 Å². The lowest BCUT2D eigenvalue weighted by molar-refractivity contribution is -0.241. The Bertz CT molecular complexity index is 1620. The molecule has 1 heterocycles. The van der Waals surface area contributed by atoms with E-state index in [-0.39, 0.29) is 11.1 Å². The maximum atomic E-state index is 14.1. The number of rotatable bonds is 15. The molecule has 0 bridgehead atoms. The predicted molar refractivity (Wildman–Crippen MR) is 190 cm³/mol. The van der Waals surface area contributed by atoms with Crippen molar-refractivity contribution >= 4 is 17.7 Å². The van der Waals surface area contributed by atoms with Crippen LogP contribution in [0.25, 0.3) is 0 Å². The zero-order valence-corrected chi connectivity index (χ0v) is 29.9. The number of aliphatic hydroxyl groups is 5. The van der Waals surface area contributed by atoms with Crippen molar-refractivity contribution in [2.75, 3.05) is 19.7 Å². The van der Waals surface area contributed by atoms with E-state index < -0.39 is 78.3 Å². The van der Waals surface area contributed by atoms with E-state index in [1.54, 1.807) is 57.2 Å². The summed E-state index contributed by atoms with van der Waals surface area (Å²) in [4.78, 5) is 41.9. The monoisotopic (exact) mass is 705 g/mol. The molecule has 276 valence electrons. The number of hydrogen-bond donors (Lipinski definition) is 7. The van der Waals surface area contributed by atoms with Crippen LogP contribution >= 0.6 is 0 Å². The van der Waals surface area contributed by atoms with E-state index in [0.29, 0.717) is 25.3 Å². The van der Waals surface area contributed by atoms with Crippen LogP contribution in [-0.4, -0.2) is 86.0 Å². The fourth-order valence-corrected chi connectivity index (χ4v) is 6.69. The van der Waals surface area contributed by atoms with E-state index in [1.807, 2.05) is 32.0 Å². The molecule has 1 fully saturated rings. The van der Waals surface area contributed by atoms with Gasteiger partial charge < -0.3 is 45.8 Å². The van der Waals surface area contributed by atoms with Crippen LogP contribution in [0.15, 0.2) is 78.9 Å². The largest absolute Gasteiger partial charge is 0.485 e. The number of Topliss-reactive ketones (excluding diaryl/α,β-unsaturated/α-hetero) is 1. The molecular formula is C39H51N3O9. The average Bonchev–Trinajstić information content (AvgIpc) is 3.07. The van der Waals surface area contributed by atoms with E-state index in [0.717, 1.165) is 11.1 Å². The van der Waals surface area contributed by atoms with E-state index in [4.69, 9.17) is 4.74 Å². The summed E-state index contributed by atoms with van der Waals surface area (Å²) in [7, 11) is 0. The summed E-state index contributed by atoms with van der Waals surface area (Å²) in [5.41, 5.74) is 0.789. The third kappa shape index (κ3) is 9.52. The van der Waals surface area contributed by atoms with Crippen molar-refractivity contribution in [3.63, 3.8) is 0 Å². The van der Waals surface area contributed by atoms with Crippen LogP contribution in [0.4, 0.5) is 4.79 Å². The molecule has 4 unspecified atom stereocenters. The van der Waals surface area contributed by atoms with Crippen molar-refractivity contribution in [1.82, 2.24) is 15.5 Å². The number of nitrogens with zero attached hydrogens (tertiary/aromatic N) is 1. The van der Waals surface area contributed by atoms with Gasteiger partial charge in [0, 0.05) is 30.6 Å². The smallest absolute Gasteiger partial charge is 0.318 e. The number of para-hydroxylation sites is 1.